The molecule has 0 aliphatic carbocycles. The molecule has 1 aromatic heterocycles. The first-order valence-corrected chi connectivity index (χ1v) is 4.70. The van der Waals surface area contributed by atoms with E-state index in [2.05, 4.69) is 4.98 Å². The smallest absolute Gasteiger partial charge is 0.188 e. The summed E-state index contributed by atoms with van der Waals surface area (Å²) in [5, 5.41) is 0. The predicted octanol–water partition coefficient (Wildman–Crippen LogP) is 2.02. The third-order valence-electron chi connectivity index (χ3n) is 1.84. The summed E-state index contributed by atoms with van der Waals surface area (Å²) in [6.07, 6.45) is 2.79. The van der Waals surface area contributed by atoms with Crippen LogP contribution in [0.4, 0.5) is 0 Å². The van der Waals surface area contributed by atoms with Crippen LogP contribution in [-0.4, -0.2) is 16.6 Å². The van der Waals surface area contributed by atoms with Crippen molar-refractivity contribution in [3.63, 3.8) is 0 Å². The third kappa shape index (κ3) is 3.09. The molecule has 74 valence electrons. The minimum atomic E-state index is -0.191. The summed E-state index contributed by atoms with van der Waals surface area (Å²) >= 11 is 0. The van der Waals surface area contributed by atoms with Crippen LogP contribution in [0.15, 0.2) is 24.4 Å². The first-order chi connectivity index (χ1) is 6.74. The second-order valence-electron chi connectivity index (χ2n) is 3.10. The molecule has 3 heteroatoms. The van der Waals surface area contributed by atoms with E-state index in [1.165, 1.54) is 0 Å². The van der Waals surface area contributed by atoms with Gasteiger partial charge in [0.1, 0.15) is 11.5 Å². The van der Waals surface area contributed by atoms with Gasteiger partial charge in [-0.25, -0.2) is 0 Å². The zero-order valence-corrected chi connectivity index (χ0v) is 8.19. The Balaban J connectivity index is 2.55. The molecule has 0 atom stereocenters. The lowest BCUT2D eigenvalue weighted by molar-refractivity contribution is -0.118. The molecule has 0 radical (unpaired) electrons. The molecule has 1 heterocycles. The summed E-state index contributed by atoms with van der Waals surface area (Å²) in [6.45, 7) is 1.92. The molecule has 3 nitrogen and oxygen atoms in total. The van der Waals surface area contributed by atoms with Gasteiger partial charge in [-0.2, -0.15) is 0 Å². The molecule has 0 spiro atoms. The van der Waals surface area contributed by atoms with E-state index in [4.69, 9.17) is 0 Å². The third-order valence-corrected chi connectivity index (χ3v) is 1.84. The van der Waals surface area contributed by atoms with Gasteiger partial charge in [-0.05, 0) is 18.6 Å². The van der Waals surface area contributed by atoms with E-state index in [1.54, 1.807) is 24.4 Å². The molecule has 0 aromatic carbocycles. The van der Waals surface area contributed by atoms with Crippen molar-refractivity contribution in [2.45, 2.75) is 26.2 Å². The Bertz CT molecular complexity index is 319. The number of ketones is 2. The topological polar surface area (TPSA) is 47.0 Å². The van der Waals surface area contributed by atoms with Crippen LogP contribution in [0.3, 0.4) is 0 Å². The zero-order valence-electron chi connectivity index (χ0n) is 8.19. The Morgan fingerprint density at radius 1 is 1.36 bits per heavy atom. The lowest BCUT2D eigenvalue weighted by atomic mass is 10.1. The highest BCUT2D eigenvalue weighted by Crippen LogP contribution is 2.02. The summed E-state index contributed by atoms with van der Waals surface area (Å²) in [7, 11) is 0. The van der Waals surface area contributed by atoms with Crippen molar-refractivity contribution in [2.75, 3.05) is 0 Å². The van der Waals surface area contributed by atoms with Gasteiger partial charge < -0.3 is 0 Å². The highest BCUT2D eigenvalue weighted by molar-refractivity contribution is 6.06. The summed E-state index contributed by atoms with van der Waals surface area (Å²) in [5.74, 6) is -0.202. The van der Waals surface area contributed by atoms with Crippen molar-refractivity contribution < 1.29 is 9.59 Å². The average Bonchev–Trinajstić information content (AvgIpc) is 2.19. The van der Waals surface area contributed by atoms with Gasteiger partial charge in [0.25, 0.3) is 0 Å². The minimum Gasteiger partial charge on any atom is -0.299 e. The van der Waals surface area contributed by atoms with Crippen LogP contribution in [-0.2, 0) is 4.79 Å². The summed E-state index contributed by atoms with van der Waals surface area (Å²) in [4.78, 5) is 26.5. The van der Waals surface area contributed by atoms with Gasteiger partial charge in [0, 0.05) is 12.6 Å². The van der Waals surface area contributed by atoms with E-state index in [9.17, 15) is 9.59 Å². The molecule has 0 amide bonds. The Hall–Kier alpha value is -1.51. The van der Waals surface area contributed by atoms with Crippen LogP contribution in [0, 0.1) is 0 Å². The number of carbonyl (C=O) groups excluding carboxylic acids is 2. The van der Waals surface area contributed by atoms with Crippen molar-refractivity contribution >= 4 is 11.6 Å². The number of pyridine rings is 1. The van der Waals surface area contributed by atoms with Crippen LogP contribution < -0.4 is 0 Å². The number of carbonyl (C=O) groups is 2. The Kier molecular flexibility index (Phi) is 3.98. The van der Waals surface area contributed by atoms with Gasteiger partial charge in [-0.3, -0.25) is 14.6 Å². The minimum absolute atomic E-state index is 0.0110. The average molecular weight is 191 g/mol. The largest absolute Gasteiger partial charge is 0.299 e. The van der Waals surface area contributed by atoms with Crippen molar-refractivity contribution in [3.05, 3.63) is 30.1 Å². The van der Waals surface area contributed by atoms with Gasteiger partial charge in [0.05, 0.1) is 6.42 Å². The van der Waals surface area contributed by atoms with Crippen molar-refractivity contribution in [1.82, 2.24) is 4.98 Å². The predicted molar refractivity (Wildman–Crippen MR) is 53.1 cm³/mol. The molecular formula is C11H13NO2. The molecule has 0 N–H and O–H groups in total. The molecule has 1 rings (SSSR count). The molecule has 0 aliphatic heterocycles. The molecule has 0 saturated carbocycles. The van der Waals surface area contributed by atoms with Crippen LogP contribution in [0.1, 0.15) is 36.7 Å². The monoisotopic (exact) mass is 191 g/mol. The number of hydrogen-bond acceptors (Lipinski definition) is 3. The van der Waals surface area contributed by atoms with Crippen molar-refractivity contribution in [2.24, 2.45) is 0 Å². The van der Waals surface area contributed by atoms with Crippen LogP contribution in [0.5, 0.6) is 0 Å². The van der Waals surface area contributed by atoms with E-state index in [1.807, 2.05) is 6.92 Å². The fraction of sp³-hybridized carbons (Fsp3) is 0.364. The molecular weight excluding hydrogens is 178 g/mol. The molecule has 0 unspecified atom stereocenters. The van der Waals surface area contributed by atoms with Crippen LogP contribution in [0.2, 0.25) is 0 Å². The van der Waals surface area contributed by atoms with Gasteiger partial charge in [0.15, 0.2) is 5.78 Å². The fourth-order valence-electron chi connectivity index (χ4n) is 1.16. The molecule has 1 aromatic rings. The van der Waals surface area contributed by atoms with Gasteiger partial charge >= 0.3 is 0 Å². The number of aromatic nitrogens is 1. The van der Waals surface area contributed by atoms with Gasteiger partial charge in [-0.15, -0.1) is 0 Å². The van der Waals surface area contributed by atoms with Crippen molar-refractivity contribution in [1.29, 1.82) is 0 Å². The zero-order chi connectivity index (χ0) is 10.4. The second kappa shape index (κ2) is 5.27. The summed E-state index contributed by atoms with van der Waals surface area (Å²) < 4.78 is 0. The number of Topliss-reactive ketones (excluding diaryl/α,β-unsaturated/α-hetero) is 2. The van der Waals surface area contributed by atoms with E-state index in [0.29, 0.717) is 12.1 Å². The number of nitrogens with zero attached hydrogens (tertiary/aromatic N) is 1. The van der Waals surface area contributed by atoms with Gasteiger partial charge in [0.2, 0.25) is 0 Å². The lowest BCUT2D eigenvalue weighted by Gasteiger charge is -1.98. The van der Waals surface area contributed by atoms with Gasteiger partial charge in [-0.1, -0.05) is 13.0 Å². The maximum Gasteiger partial charge on any atom is 0.188 e. The standard InChI is InChI=1S/C11H13NO2/c1-2-5-9(13)8-11(14)10-6-3-4-7-12-10/h3-4,6-7H,2,5,8H2,1H3. The molecule has 0 aliphatic rings. The quantitative estimate of drug-likeness (QED) is 0.528. The van der Waals surface area contributed by atoms with Crippen molar-refractivity contribution in [3.8, 4) is 0 Å². The molecule has 0 saturated heterocycles. The molecule has 14 heavy (non-hydrogen) atoms. The second-order valence-corrected chi connectivity index (χ2v) is 3.10. The summed E-state index contributed by atoms with van der Waals surface area (Å²) in [5.41, 5.74) is 0.372. The van der Waals surface area contributed by atoms with E-state index >= 15 is 0 Å². The van der Waals surface area contributed by atoms with E-state index < -0.39 is 0 Å². The molecule has 0 bridgehead atoms. The van der Waals surface area contributed by atoms with E-state index in [-0.39, 0.29) is 18.0 Å². The lowest BCUT2D eigenvalue weighted by Crippen LogP contribution is -2.08. The maximum atomic E-state index is 11.4. The highest BCUT2D eigenvalue weighted by Gasteiger charge is 2.11. The van der Waals surface area contributed by atoms with Crippen LogP contribution in [0.25, 0.3) is 0 Å². The fourth-order valence-corrected chi connectivity index (χ4v) is 1.16. The van der Waals surface area contributed by atoms with E-state index in [0.717, 1.165) is 6.42 Å². The Labute approximate surface area is 83.2 Å². The highest BCUT2D eigenvalue weighted by atomic mass is 16.1. The number of hydrogen-bond donors (Lipinski definition) is 0. The maximum absolute atomic E-state index is 11.4. The first-order valence-electron chi connectivity index (χ1n) is 4.70. The summed E-state index contributed by atoms with van der Waals surface area (Å²) in [6, 6.07) is 5.11. The number of rotatable bonds is 5. The molecule has 0 fully saturated rings. The van der Waals surface area contributed by atoms with Crippen LogP contribution >= 0.6 is 0 Å². The SMILES string of the molecule is CCCC(=O)CC(=O)c1ccccn1. The Morgan fingerprint density at radius 2 is 2.14 bits per heavy atom. The first kappa shape index (κ1) is 10.6. The Morgan fingerprint density at radius 3 is 2.71 bits per heavy atom. The normalized spacial score (nSPS) is 9.79.